The molecule has 2 aliphatic rings. The van der Waals surface area contributed by atoms with Crippen molar-refractivity contribution in [2.24, 2.45) is 5.73 Å². The number of rotatable bonds is 2. The van der Waals surface area contributed by atoms with E-state index < -0.39 is 0 Å². The lowest BCUT2D eigenvalue weighted by molar-refractivity contribution is 0.137. The minimum atomic E-state index is -0.0518. The van der Waals surface area contributed by atoms with Crippen LogP contribution in [0.5, 0.6) is 5.75 Å². The number of fused-ring (bicyclic) bond motifs is 1. The predicted octanol–water partition coefficient (Wildman–Crippen LogP) is 2.43. The van der Waals surface area contributed by atoms with E-state index in [2.05, 4.69) is 32.0 Å². The van der Waals surface area contributed by atoms with Crippen molar-refractivity contribution < 1.29 is 4.74 Å². The van der Waals surface area contributed by atoms with Gasteiger partial charge in [0.25, 0.3) is 0 Å². The van der Waals surface area contributed by atoms with Crippen molar-refractivity contribution in [3.63, 3.8) is 0 Å². The molecular formula is C14H19NO. The molecule has 0 aromatic heterocycles. The van der Waals surface area contributed by atoms with Crippen LogP contribution in [0.15, 0.2) is 18.2 Å². The van der Waals surface area contributed by atoms with Gasteiger partial charge >= 0.3 is 0 Å². The van der Waals surface area contributed by atoms with E-state index in [0.717, 1.165) is 31.4 Å². The Hall–Kier alpha value is -1.02. The lowest BCUT2D eigenvalue weighted by Gasteiger charge is -2.19. The molecular weight excluding hydrogens is 198 g/mol. The molecule has 0 bridgehead atoms. The minimum Gasteiger partial charge on any atom is -0.487 e. The first-order valence-electron chi connectivity index (χ1n) is 6.06. The molecule has 1 heterocycles. The van der Waals surface area contributed by atoms with E-state index in [4.69, 9.17) is 10.5 Å². The third-order valence-corrected chi connectivity index (χ3v) is 3.61. The molecule has 1 aromatic carbocycles. The van der Waals surface area contributed by atoms with E-state index in [1.165, 1.54) is 11.1 Å². The second kappa shape index (κ2) is 3.01. The van der Waals surface area contributed by atoms with Crippen LogP contribution >= 0.6 is 0 Å². The maximum Gasteiger partial charge on any atom is 0.126 e. The van der Waals surface area contributed by atoms with Gasteiger partial charge in [-0.25, -0.2) is 0 Å². The molecule has 86 valence electrons. The van der Waals surface area contributed by atoms with Crippen LogP contribution in [0.2, 0.25) is 0 Å². The van der Waals surface area contributed by atoms with E-state index in [9.17, 15) is 0 Å². The monoisotopic (exact) mass is 217 g/mol. The summed E-state index contributed by atoms with van der Waals surface area (Å²) in [4.78, 5) is 0. The fraction of sp³-hybridized carbons (Fsp3) is 0.571. The Balaban J connectivity index is 1.93. The fourth-order valence-corrected chi connectivity index (χ4v) is 2.54. The molecule has 2 heteroatoms. The molecule has 0 radical (unpaired) electrons. The van der Waals surface area contributed by atoms with E-state index in [1.54, 1.807) is 0 Å². The maximum absolute atomic E-state index is 6.18. The smallest absolute Gasteiger partial charge is 0.126 e. The normalized spacial score (nSPS) is 23.7. The Bertz CT molecular complexity index is 432. The van der Waals surface area contributed by atoms with E-state index >= 15 is 0 Å². The van der Waals surface area contributed by atoms with Crippen LogP contribution < -0.4 is 10.5 Å². The van der Waals surface area contributed by atoms with Crippen molar-refractivity contribution in [3.8, 4) is 5.75 Å². The second-order valence-electron chi connectivity index (χ2n) is 5.98. The molecule has 1 aromatic rings. The summed E-state index contributed by atoms with van der Waals surface area (Å²) in [5, 5.41) is 0. The molecule has 2 nitrogen and oxygen atoms in total. The first-order chi connectivity index (χ1) is 7.48. The Morgan fingerprint density at radius 2 is 2.06 bits per heavy atom. The lowest BCUT2D eigenvalue weighted by Crippen LogP contribution is -2.26. The molecule has 2 N–H and O–H groups in total. The average molecular weight is 217 g/mol. The zero-order valence-electron chi connectivity index (χ0n) is 10.0. The van der Waals surface area contributed by atoms with Gasteiger partial charge in [-0.2, -0.15) is 0 Å². The fourth-order valence-electron chi connectivity index (χ4n) is 2.54. The Kier molecular flexibility index (Phi) is 1.91. The lowest BCUT2D eigenvalue weighted by atomic mass is 9.98. The summed E-state index contributed by atoms with van der Waals surface area (Å²) in [7, 11) is 0. The van der Waals surface area contributed by atoms with Gasteiger partial charge in [0.1, 0.15) is 11.4 Å². The van der Waals surface area contributed by atoms with Gasteiger partial charge < -0.3 is 10.5 Å². The SMILES string of the molecule is CC1(C)Cc2cccc(CC3(N)CC3)c2O1. The topological polar surface area (TPSA) is 35.2 Å². The minimum absolute atomic E-state index is 0.0518. The molecule has 1 aliphatic carbocycles. The highest BCUT2D eigenvalue weighted by molar-refractivity contribution is 5.46. The third kappa shape index (κ3) is 1.71. The highest BCUT2D eigenvalue weighted by Gasteiger charge is 2.40. The quantitative estimate of drug-likeness (QED) is 0.825. The van der Waals surface area contributed by atoms with Crippen LogP contribution in [0.25, 0.3) is 0 Å². The summed E-state index contributed by atoms with van der Waals surface area (Å²) in [5.74, 6) is 1.10. The standard InChI is InChI=1S/C14H19NO/c1-13(2)8-10-4-3-5-11(12(10)16-13)9-14(15)6-7-14/h3-5H,6-9,15H2,1-2H3. The zero-order chi connectivity index (χ0) is 11.4. The maximum atomic E-state index is 6.18. The number of para-hydroxylation sites is 1. The molecule has 1 aliphatic heterocycles. The molecule has 0 amide bonds. The van der Waals surface area contributed by atoms with E-state index in [0.29, 0.717) is 0 Å². The number of hydrogen-bond donors (Lipinski definition) is 1. The van der Waals surface area contributed by atoms with Gasteiger partial charge in [0, 0.05) is 12.0 Å². The van der Waals surface area contributed by atoms with Gasteiger partial charge in [0.05, 0.1) is 0 Å². The summed E-state index contributed by atoms with van der Waals surface area (Å²) in [6.07, 6.45) is 4.28. The molecule has 1 saturated carbocycles. The highest BCUT2D eigenvalue weighted by atomic mass is 16.5. The predicted molar refractivity (Wildman–Crippen MR) is 64.7 cm³/mol. The first kappa shape index (κ1) is 10.2. The van der Waals surface area contributed by atoms with Crippen LogP contribution in [0, 0.1) is 0 Å². The average Bonchev–Trinajstić information content (AvgIpc) is 2.78. The largest absolute Gasteiger partial charge is 0.487 e. The van der Waals surface area contributed by atoms with Gasteiger partial charge in [-0.05, 0) is 44.2 Å². The van der Waals surface area contributed by atoms with Crippen molar-refractivity contribution in [1.29, 1.82) is 0 Å². The van der Waals surface area contributed by atoms with Gasteiger partial charge in [-0.15, -0.1) is 0 Å². The van der Waals surface area contributed by atoms with Crippen molar-refractivity contribution in [3.05, 3.63) is 29.3 Å². The Labute approximate surface area is 96.8 Å². The number of benzene rings is 1. The molecule has 0 spiro atoms. The zero-order valence-corrected chi connectivity index (χ0v) is 10.0. The molecule has 0 atom stereocenters. The molecule has 1 fully saturated rings. The van der Waals surface area contributed by atoms with Crippen molar-refractivity contribution in [2.45, 2.75) is 50.7 Å². The third-order valence-electron chi connectivity index (χ3n) is 3.61. The van der Waals surface area contributed by atoms with Crippen molar-refractivity contribution in [1.82, 2.24) is 0 Å². The molecule has 3 rings (SSSR count). The summed E-state index contributed by atoms with van der Waals surface area (Å²) in [6.45, 7) is 4.29. The van der Waals surface area contributed by atoms with Gasteiger partial charge in [-0.1, -0.05) is 18.2 Å². The van der Waals surface area contributed by atoms with Gasteiger partial charge in [-0.3, -0.25) is 0 Å². The van der Waals surface area contributed by atoms with Crippen LogP contribution in [-0.2, 0) is 12.8 Å². The van der Waals surface area contributed by atoms with Crippen molar-refractivity contribution >= 4 is 0 Å². The molecule has 16 heavy (non-hydrogen) atoms. The van der Waals surface area contributed by atoms with E-state index in [1.807, 2.05) is 0 Å². The Morgan fingerprint density at radius 3 is 2.75 bits per heavy atom. The molecule has 0 unspecified atom stereocenters. The number of nitrogens with two attached hydrogens (primary N) is 1. The second-order valence-corrected chi connectivity index (χ2v) is 5.98. The van der Waals surface area contributed by atoms with Crippen LogP contribution in [-0.4, -0.2) is 11.1 Å². The van der Waals surface area contributed by atoms with Gasteiger partial charge in [0.15, 0.2) is 0 Å². The van der Waals surface area contributed by atoms with Crippen molar-refractivity contribution in [2.75, 3.05) is 0 Å². The summed E-state index contributed by atoms with van der Waals surface area (Å²) < 4.78 is 6.04. The van der Waals surface area contributed by atoms with Crippen LogP contribution in [0.1, 0.15) is 37.8 Å². The summed E-state index contributed by atoms with van der Waals surface area (Å²) in [6, 6.07) is 6.46. The Morgan fingerprint density at radius 1 is 1.31 bits per heavy atom. The number of hydrogen-bond acceptors (Lipinski definition) is 2. The van der Waals surface area contributed by atoms with Crippen LogP contribution in [0.4, 0.5) is 0 Å². The van der Waals surface area contributed by atoms with Crippen LogP contribution in [0.3, 0.4) is 0 Å². The first-order valence-corrected chi connectivity index (χ1v) is 6.06. The number of ether oxygens (including phenoxy) is 1. The van der Waals surface area contributed by atoms with E-state index in [-0.39, 0.29) is 11.1 Å². The molecule has 0 saturated heterocycles. The summed E-state index contributed by atoms with van der Waals surface area (Å²) in [5.41, 5.74) is 8.83. The summed E-state index contributed by atoms with van der Waals surface area (Å²) >= 11 is 0. The van der Waals surface area contributed by atoms with Gasteiger partial charge in [0.2, 0.25) is 0 Å². The highest BCUT2D eigenvalue weighted by Crippen LogP contribution is 2.42.